The molecule has 0 bridgehead atoms. The van der Waals surface area contributed by atoms with E-state index in [2.05, 4.69) is 10.2 Å². The van der Waals surface area contributed by atoms with Gasteiger partial charge in [-0.3, -0.25) is 9.59 Å². The maximum Gasteiger partial charge on any atom is 0.227 e. The number of carbonyl (C=O) groups excluding carboxylic acids is 2. The Morgan fingerprint density at radius 1 is 1.06 bits per heavy atom. The molecule has 6 nitrogen and oxygen atoms in total. The quantitative estimate of drug-likeness (QED) is 0.692. The van der Waals surface area contributed by atoms with Gasteiger partial charge in [0.1, 0.15) is 5.75 Å². The van der Waals surface area contributed by atoms with Gasteiger partial charge in [0.25, 0.3) is 0 Å². The Hall–Kier alpha value is -2.86. The number of nitrogens with zero attached hydrogens (tertiary/aromatic N) is 2. The number of nitrogens with one attached hydrogen (secondary N) is 1. The molecule has 4 rings (SSSR count). The fourth-order valence-corrected chi connectivity index (χ4v) is 4.72. The molecule has 2 heterocycles. The van der Waals surface area contributed by atoms with Crippen molar-refractivity contribution in [2.24, 2.45) is 0 Å². The highest BCUT2D eigenvalue weighted by molar-refractivity contribution is 5.96. The number of rotatable bonds is 8. The van der Waals surface area contributed by atoms with Gasteiger partial charge in [0.2, 0.25) is 11.8 Å². The standard InChI is InChI=1S/C26H33N3O3/c1-32-23-9-10-24-21(19-23)8-11-26(31)29(24)15-5-14-28-16-12-22(13-17-28)27-25(30)18-20-6-3-2-4-7-20/h2-4,6-7,9-10,19,22H,5,8,11-18H2,1H3,(H,27,30). The summed E-state index contributed by atoms with van der Waals surface area (Å²) in [6.07, 6.45) is 4.69. The Kier molecular flexibility index (Phi) is 7.43. The predicted molar refractivity (Wildman–Crippen MR) is 126 cm³/mol. The summed E-state index contributed by atoms with van der Waals surface area (Å²) in [5.41, 5.74) is 3.27. The number of fused-ring (bicyclic) bond motifs is 1. The second-order valence-corrected chi connectivity index (χ2v) is 8.74. The zero-order valence-corrected chi connectivity index (χ0v) is 18.9. The number of piperidine rings is 1. The van der Waals surface area contributed by atoms with Gasteiger partial charge in [0.05, 0.1) is 13.5 Å². The van der Waals surface area contributed by atoms with Crippen molar-refractivity contribution in [2.45, 2.75) is 44.6 Å². The Balaban J connectivity index is 1.20. The van der Waals surface area contributed by atoms with Gasteiger partial charge in [-0.05, 0) is 61.6 Å². The molecule has 0 saturated carbocycles. The number of aryl methyl sites for hydroxylation is 1. The minimum atomic E-state index is 0.105. The van der Waals surface area contributed by atoms with Gasteiger partial charge in [-0.2, -0.15) is 0 Å². The molecule has 0 aromatic heterocycles. The molecule has 1 N–H and O–H groups in total. The van der Waals surface area contributed by atoms with Crippen molar-refractivity contribution in [2.75, 3.05) is 38.2 Å². The minimum absolute atomic E-state index is 0.105. The lowest BCUT2D eigenvalue weighted by molar-refractivity contribution is -0.121. The van der Waals surface area contributed by atoms with Crippen LogP contribution in [0.2, 0.25) is 0 Å². The van der Waals surface area contributed by atoms with E-state index in [0.29, 0.717) is 12.8 Å². The summed E-state index contributed by atoms with van der Waals surface area (Å²) in [6, 6.07) is 16.1. The van der Waals surface area contributed by atoms with Gasteiger partial charge in [-0.15, -0.1) is 0 Å². The number of likely N-dealkylation sites (tertiary alicyclic amines) is 1. The number of benzene rings is 2. The van der Waals surface area contributed by atoms with E-state index >= 15 is 0 Å². The summed E-state index contributed by atoms with van der Waals surface area (Å²) in [4.78, 5) is 29.2. The van der Waals surface area contributed by atoms with Gasteiger partial charge in [0, 0.05) is 37.8 Å². The summed E-state index contributed by atoms with van der Waals surface area (Å²) < 4.78 is 5.33. The molecule has 1 saturated heterocycles. The first-order valence-electron chi connectivity index (χ1n) is 11.7. The van der Waals surface area contributed by atoms with Crippen LogP contribution in [-0.4, -0.2) is 56.0 Å². The number of amides is 2. The fraction of sp³-hybridized carbons (Fsp3) is 0.462. The monoisotopic (exact) mass is 435 g/mol. The van der Waals surface area contributed by atoms with Crippen molar-refractivity contribution in [3.8, 4) is 5.75 Å². The third kappa shape index (κ3) is 5.68. The molecule has 0 spiro atoms. The van der Waals surface area contributed by atoms with Crippen molar-refractivity contribution in [1.29, 1.82) is 0 Å². The number of methoxy groups -OCH3 is 1. The van der Waals surface area contributed by atoms with Crippen molar-refractivity contribution in [3.05, 3.63) is 59.7 Å². The van der Waals surface area contributed by atoms with E-state index in [1.54, 1.807) is 7.11 Å². The van der Waals surface area contributed by atoms with E-state index in [1.165, 1.54) is 5.56 Å². The second-order valence-electron chi connectivity index (χ2n) is 8.74. The van der Waals surface area contributed by atoms with Crippen molar-refractivity contribution >= 4 is 17.5 Å². The zero-order valence-electron chi connectivity index (χ0n) is 18.9. The molecule has 0 radical (unpaired) electrons. The number of ether oxygens (including phenoxy) is 1. The van der Waals surface area contributed by atoms with E-state index in [0.717, 1.165) is 68.9 Å². The lowest BCUT2D eigenvalue weighted by Crippen LogP contribution is -2.45. The Labute approximate surface area is 190 Å². The number of hydrogen-bond donors (Lipinski definition) is 1. The van der Waals surface area contributed by atoms with Gasteiger partial charge in [-0.1, -0.05) is 30.3 Å². The molecule has 32 heavy (non-hydrogen) atoms. The Morgan fingerprint density at radius 2 is 1.84 bits per heavy atom. The highest BCUT2D eigenvalue weighted by Gasteiger charge is 2.25. The highest BCUT2D eigenvalue weighted by atomic mass is 16.5. The van der Waals surface area contributed by atoms with Crippen LogP contribution in [0.5, 0.6) is 5.75 Å². The zero-order chi connectivity index (χ0) is 22.3. The molecule has 2 aromatic carbocycles. The third-order valence-corrected chi connectivity index (χ3v) is 6.50. The highest BCUT2D eigenvalue weighted by Crippen LogP contribution is 2.31. The minimum Gasteiger partial charge on any atom is -0.497 e. The van der Waals surface area contributed by atoms with E-state index in [-0.39, 0.29) is 17.9 Å². The average Bonchev–Trinajstić information content (AvgIpc) is 2.82. The first kappa shape index (κ1) is 22.3. The molecule has 6 heteroatoms. The molecule has 2 aromatic rings. The van der Waals surface area contributed by atoms with Crippen molar-refractivity contribution in [3.63, 3.8) is 0 Å². The molecule has 0 unspecified atom stereocenters. The van der Waals surface area contributed by atoms with E-state index < -0.39 is 0 Å². The third-order valence-electron chi connectivity index (χ3n) is 6.50. The van der Waals surface area contributed by atoms with Crippen LogP contribution in [0.1, 0.15) is 36.8 Å². The topological polar surface area (TPSA) is 61.9 Å². The van der Waals surface area contributed by atoms with E-state index in [9.17, 15) is 9.59 Å². The van der Waals surface area contributed by atoms with Crippen LogP contribution in [0.3, 0.4) is 0 Å². The van der Waals surface area contributed by atoms with Crippen LogP contribution < -0.4 is 15.0 Å². The molecule has 170 valence electrons. The Morgan fingerprint density at radius 3 is 2.59 bits per heavy atom. The van der Waals surface area contributed by atoms with Gasteiger partial charge in [0.15, 0.2) is 0 Å². The predicted octanol–water partition coefficient (Wildman–Crippen LogP) is 3.19. The summed E-state index contributed by atoms with van der Waals surface area (Å²) in [5.74, 6) is 1.16. The Bertz CT molecular complexity index is 923. The smallest absolute Gasteiger partial charge is 0.227 e. The molecular formula is C26H33N3O3. The van der Waals surface area contributed by atoms with Crippen LogP contribution in [-0.2, 0) is 22.4 Å². The molecule has 2 aliphatic heterocycles. The number of carbonyl (C=O) groups is 2. The molecule has 1 fully saturated rings. The molecule has 0 aliphatic carbocycles. The van der Waals surface area contributed by atoms with Gasteiger partial charge >= 0.3 is 0 Å². The van der Waals surface area contributed by atoms with Crippen LogP contribution in [0.25, 0.3) is 0 Å². The van der Waals surface area contributed by atoms with E-state index in [1.807, 2.05) is 53.4 Å². The molecule has 0 atom stereocenters. The van der Waals surface area contributed by atoms with Crippen LogP contribution >= 0.6 is 0 Å². The summed E-state index contributed by atoms with van der Waals surface area (Å²) >= 11 is 0. The number of hydrogen-bond acceptors (Lipinski definition) is 4. The first-order chi connectivity index (χ1) is 15.6. The van der Waals surface area contributed by atoms with Crippen LogP contribution in [0.4, 0.5) is 5.69 Å². The largest absolute Gasteiger partial charge is 0.497 e. The molecule has 2 aliphatic rings. The van der Waals surface area contributed by atoms with Gasteiger partial charge < -0.3 is 19.9 Å². The van der Waals surface area contributed by atoms with Gasteiger partial charge in [-0.25, -0.2) is 0 Å². The fourth-order valence-electron chi connectivity index (χ4n) is 4.72. The summed E-state index contributed by atoms with van der Waals surface area (Å²) in [6.45, 7) is 3.68. The maximum atomic E-state index is 12.5. The lowest BCUT2D eigenvalue weighted by atomic mass is 10.0. The van der Waals surface area contributed by atoms with Crippen LogP contribution in [0.15, 0.2) is 48.5 Å². The second kappa shape index (κ2) is 10.6. The lowest BCUT2D eigenvalue weighted by Gasteiger charge is -2.34. The normalized spacial score (nSPS) is 17.2. The van der Waals surface area contributed by atoms with Crippen LogP contribution in [0, 0.1) is 0 Å². The average molecular weight is 436 g/mol. The van der Waals surface area contributed by atoms with Crippen molar-refractivity contribution in [1.82, 2.24) is 10.2 Å². The summed E-state index contributed by atoms with van der Waals surface area (Å²) in [5, 5.41) is 3.19. The number of anilines is 1. The molecular weight excluding hydrogens is 402 g/mol. The maximum absolute atomic E-state index is 12.5. The first-order valence-corrected chi connectivity index (χ1v) is 11.7. The van der Waals surface area contributed by atoms with E-state index in [4.69, 9.17) is 4.74 Å². The summed E-state index contributed by atoms with van der Waals surface area (Å²) in [7, 11) is 1.67. The van der Waals surface area contributed by atoms with Crippen molar-refractivity contribution < 1.29 is 14.3 Å². The SMILES string of the molecule is COc1ccc2c(c1)CCC(=O)N2CCCN1CCC(NC(=O)Cc2ccccc2)CC1. The molecule has 2 amide bonds.